The van der Waals surface area contributed by atoms with Gasteiger partial charge in [-0.3, -0.25) is 9.59 Å². The standard InChI is InChI=1S/C23H35N3O3/c1-5-19(27)21(23(2,3)4)25-22(29)24-18-13-15-26(16-14-18)20(28)12-11-17-9-7-6-8-10-17/h6-10,18,21H,5,11-16H2,1-4H3,(H2,24,25,29). The number of amides is 3. The molecule has 0 aliphatic carbocycles. The van der Waals surface area contributed by atoms with Gasteiger partial charge < -0.3 is 15.5 Å². The second-order valence-corrected chi connectivity index (χ2v) is 8.88. The number of nitrogens with one attached hydrogen (secondary N) is 2. The molecule has 1 aliphatic rings. The largest absolute Gasteiger partial charge is 0.343 e. The molecular weight excluding hydrogens is 366 g/mol. The van der Waals surface area contributed by atoms with E-state index in [1.807, 2.05) is 62.9 Å². The summed E-state index contributed by atoms with van der Waals surface area (Å²) in [6, 6.07) is 9.23. The quantitative estimate of drug-likeness (QED) is 0.736. The van der Waals surface area contributed by atoms with Crippen molar-refractivity contribution in [1.29, 1.82) is 0 Å². The van der Waals surface area contributed by atoms with E-state index in [0.29, 0.717) is 25.9 Å². The fourth-order valence-corrected chi connectivity index (χ4v) is 3.67. The lowest BCUT2D eigenvalue weighted by Gasteiger charge is -2.34. The van der Waals surface area contributed by atoms with Crippen LogP contribution in [0.4, 0.5) is 4.79 Å². The van der Waals surface area contributed by atoms with Gasteiger partial charge in [-0.05, 0) is 30.2 Å². The van der Waals surface area contributed by atoms with Crippen LogP contribution in [0.25, 0.3) is 0 Å². The molecule has 1 heterocycles. The summed E-state index contributed by atoms with van der Waals surface area (Å²) >= 11 is 0. The van der Waals surface area contributed by atoms with E-state index >= 15 is 0 Å². The first-order valence-electron chi connectivity index (χ1n) is 10.6. The maximum absolute atomic E-state index is 12.5. The average molecular weight is 402 g/mol. The van der Waals surface area contributed by atoms with Gasteiger partial charge in [0.2, 0.25) is 5.91 Å². The Morgan fingerprint density at radius 3 is 2.28 bits per heavy atom. The van der Waals surface area contributed by atoms with Crippen molar-refractivity contribution in [3.63, 3.8) is 0 Å². The van der Waals surface area contributed by atoms with Crippen LogP contribution in [0, 0.1) is 5.41 Å². The van der Waals surface area contributed by atoms with Gasteiger partial charge in [0.05, 0.1) is 6.04 Å². The first-order valence-corrected chi connectivity index (χ1v) is 10.6. The highest BCUT2D eigenvalue weighted by Crippen LogP contribution is 2.21. The molecule has 1 atom stereocenters. The second-order valence-electron chi connectivity index (χ2n) is 8.88. The van der Waals surface area contributed by atoms with Crippen molar-refractivity contribution in [3.8, 4) is 0 Å². The van der Waals surface area contributed by atoms with Crippen LogP contribution < -0.4 is 10.6 Å². The molecule has 6 nitrogen and oxygen atoms in total. The highest BCUT2D eigenvalue weighted by atomic mass is 16.2. The number of benzene rings is 1. The Hall–Kier alpha value is -2.37. The molecule has 29 heavy (non-hydrogen) atoms. The molecule has 6 heteroatoms. The van der Waals surface area contributed by atoms with Gasteiger partial charge >= 0.3 is 6.03 Å². The van der Waals surface area contributed by atoms with Gasteiger partial charge in [0.25, 0.3) is 0 Å². The number of hydrogen-bond donors (Lipinski definition) is 2. The van der Waals surface area contributed by atoms with Gasteiger partial charge in [0.1, 0.15) is 0 Å². The SMILES string of the molecule is CCC(=O)C(NC(=O)NC1CCN(C(=O)CCc2ccccc2)CC1)C(C)(C)C. The minimum atomic E-state index is -0.507. The number of aryl methyl sites for hydroxylation is 1. The number of nitrogens with zero attached hydrogens (tertiary/aromatic N) is 1. The maximum Gasteiger partial charge on any atom is 0.315 e. The zero-order valence-corrected chi connectivity index (χ0v) is 18.2. The Morgan fingerprint density at radius 1 is 1.10 bits per heavy atom. The van der Waals surface area contributed by atoms with Crippen LogP contribution in [-0.2, 0) is 16.0 Å². The molecule has 1 unspecified atom stereocenters. The Kier molecular flexibility index (Phi) is 8.23. The minimum absolute atomic E-state index is 0.0190. The third kappa shape index (κ3) is 7.18. The fraction of sp³-hybridized carbons (Fsp3) is 0.609. The number of hydrogen-bond acceptors (Lipinski definition) is 3. The van der Waals surface area contributed by atoms with Crippen molar-refractivity contribution in [2.24, 2.45) is 5.41 Å². The molecule has 1 aromatic rings. The van der Waals surface area contributed by atoms with Crippen LogP contribution in [-0.4, -0.2) is 47.8 Å². The first kappa shape index (κ1) is 22.9. The predicted molar refractivity (Wildman–Crippen MR) is 115 cm³/mol. The number of piperidine rings is 1. The topological polar surface area (TPSA) is 78.5 Å². The molecule has 3 amide bonds. The molecule has 0 radical (unpaired) electrons. The Morgan fingerprint density at radius 2 is 1.72 bits per heavy atom. The monoisotopic (exact) mass is 401 g/mol. The van der Waals surface area contributed by atoms with Crippen LogP contribution in [0.2, 0.25) is 0 Å². The molecule has 0 saturated carbocycles. The summed E-state index contributed by atoms with van der Waals surface area (Å²) in [5, 5.41) is 5.82. The number of carbonyl (C=O) groups excluding carboxylic acids is 3. The Balaban J connectivity index is 1.76. The molecule has 0 spiro atoms. The van der Waals surface area contributed by atoms with E-state index in [4.69, 9.17) is 0 Å². The van der Waals surface area contributed by atoms with Crippen LogP contribution in [0.1, 0.15) is 58.9 Å². The van der Waals surface area contributed by atoms with Crippen molar-refractivity contribution in [1.82, 2.24) is 15.5 Å². The number of carbonyl (C=O) groups is 3. The normalized spacial score (nSPS) is 16.2. The number of likely N-dealkylation sites (tertiary alicyclic amines) is 1. The van der Waals surface area contributed by atoms with E-state index in [9.17, 15) is 14.4 Å². The molecule has 160 valence electrons. The smallest absolute Gasteiger partial charge is 0.315 e. The molecule has 1 aliphatic heterocycles. The summed E-state index contributed by atoms with van der Waals surface area (Å²) < 4.78 is 0. The maximum atomic E-state index is 12.5. The third-order valence-electron chi connectivity index (χ3n) is 5.47. The summed E-state index contributed by atoms with van der Waals surface area (Å²) in [6.07, 6.45) is 3.11. The van der Waals surface area contributed by atoms with Crippen LogP contribution in [0.5, 0.6) is 0 Å². The molecule has 2 N–H and O–H groups in total. The van der Waals surface area contributed by atoms with E-state index in [0.717, 1.165) is 19.3 Å². The zero-order chi connectivity index (χ0) is 21.4. The molecule has 1 fully saturated rings. The summed E-state index contributed by atoms with van der Waals surface area (Å²) in [6.45, 7) is 8.96. The molecule has 1 aromatic carbocycles. The van der Waals surface area contributed by atoms with E-state index < -0.39 is 6.04 Å². The highest BCUT2D eigenvalue weighted by Gasteiger charge is 2.32. The Bertz CT molecular complexity index is 689. The molecule has 2 rings (SSSR count). The Labute approximate surface area is 174 Å². The van der Waals surface area contributed by atoms with Crippen LogP contribution in [0.3, 0.4) is 0 Å². The lowest BCUT2D eigenvalue weighted by molar-refractivity contribution is -0.132. The average Bonchev–Trinajstić information content (AvgIpc) is 2.70. The van der Waals surface area contributed by atoms with Crippen molar-refractivity contribution in [2.45, 2.75) is 71.9 Å². The molecule has 0 bridgehead atoms. The van der Waals surface area contributed by atoms with Gasteiger partial charge in [0.15, 0.2) is 5.78 Å². The number of ketones is 1. The molecular formula is C23H35N3O3. The zero-order valence-electron chi connectivity index (χ0n) is 18.2. The lowest BCUT2D eigenvalue weighted by Crippen LogP contribution is -2.55. The number of rotatable bonds is 7. The summed E-state index contributed by atoms with van der Waals surface area (Å²) in [5.41, 5.74) is 0.836. The molecule has 1 saturated heterocycles. The van der Waals surface area contributed by atoms with Gasteiger partial charge in [-0.1, -0.05) is 58.0 Å². The van der Waals surface area contributed by atoms with Crippen LogP contribution >= 0.6 is 0 Å². The highest BCUT2D eigenvalue weighted by molar-refractivity contribution is 5.89. The van der Waals surface area contributed by atoms with Crippen molar-refractivity contribution in [3.05, 3.63) is 35.9 Å². The van der Waals surface area contributed by atoms with Crippen molar-refractivity contribution >= 4 is 17.7 Å². The summed E-state index contributed by atoms with van der Waals surface area (Å²) in [7, 11) is 0. The fourth-order valence-electron chi connectivity index (χ4n) is 3.67. The lowest BCUT2D eigenvalue weighted by atomic mass is 9.83. The van der Waals surface area contributed by atoms with Gasteiger partial charge in [-0.25, -0.2) is 4.79 Å². The van der Waals surface area contributed by atoms with Crippen molar-refractivity contribution < 1.29 is 14.4 Å². The third-order valence-corrected chi connectivity index (χ3v) is 5.47. The number of Topliss-reactive ketones (excluding diaryl/α,β-unsaturated/α-hetero) is 1. The van der Waals surface area contributed by atoms with Gasteiger partial charge in [-0.2, -0.15) is 0 Å². The van der Waals surface area contributed by atoms with Gasteiger partial charge in [-0.15, -0.1) is 0 Å². The van der Waals surface area contributed by atoms with Crippen molar-refractivity contribution in [2.75, 3.05) is 13.1 Å². The van der Waals surface area contributed by atoms with Gasteiger partial charge in [0, 0.05) is 32.0 Å². The van der Waals surface area contributed by atoms with E-state index in [1.54, 1.807) is 0 Å². The van der Waals surface area contributed by atoms with E-state index in [2.05, 4.69) is 10.6 Å². The summed E-state index contributed by atoms with van der Waals surface area (Å²) in [5.74, 6) is 0.199. The minimum Gasteiger partial charge on any atom is -0.343 e. The predicted octanol–water partition coefficient (Wildman–Crippen LogP) is 3.30. The summed E-state index contributed by atoms with van der Waals surface area (Å²) in [4.78, 5) is 38.9. The van der Waals surface area contributed by atoms with E-state index in [1.165, 1.54) is 5.56 Å². The second kappa shape index (κ2) is 10.4. The molecule has 0 aromatic heterocycles. The first-order chi connectivity index (χ1) is 13.7. The van der Waals surface area contributed by atoms with E-state index in [-0.39, 0.29) is 29.2 Å². The number of urea groups is 1. The van der Waals surface area contributed by atoms with Crippen LogP contribution in [0.15, 0.2) is 30.3 Å².